The Morgan fingerprint density at radius 2 is 1.68 bits per heavy atom. The first kappa shape index (κ1) is 23.7. The molecule has 0 aliphatic rings. The molecule has 0 heterocycles. The average molecular weight is 426 g/mol. The summed E-state index contributed by atoms with van der Waals surface area (Å²) in [4.78, 5) is 31.1. The molecule has 0 radical (unpaired) electrons. The van der Waals surface area contributed by atoms with Crippen molar-refractivity contribution in [3.05, 3.63) is 71.8 Å². The van der Waals surface area contributed by atoms with Crippen LogP contribution in [0.3, 0.4) is 0 Å². The highest BCUT2D eigenvalue weighted by Crippen LogP contribution is 2.20. The quantitative estimate of drug-likeness (QED) is 0.307. The van der Waals surface area contributed by atoms with Gasteiger partial charge in [0.2, 0.25) is 5.91 Å². The van der Waals surface area contributed by atoms with Gasteiger partial charge in [-0.2, -0.15) is 0 Å². The third-order valence-electron chi connectivity index (χ3n) is 4.96. The summed E-state index contributed by atoms with van der Waals surface area (Å²) >= 11 is 0. The molecule has 31 heavy (non-hydrogen) atoms. The van der Waals surface area contributed by atoms with Gasteiger partial charge in [0.05, 0.1) is 6.04 Å². The fraction of sp³-hybridized carbons (Fsp3) is 0.348. The zero-order chi connectivity index (χ0) is 22.6. The number of nitrogens with two attached hydrogens (primary N) is 2. The van der Waals surface area contributed by atoms with E-state index in [0.717, 1.165) is 11.1 Å². The van der Waals surface area contributed by atoms with E-state index in [1.54, 1.807) is 11.9 Å². The van der Waals surface area contributed by atoms with Gasteiger partial charge in [-0.25, -0.2) is 4.79 Å². The Morgan fingerprint density at radius 1 is 1.06 bits per heavy atom. The number of nitrogens with one attached hydrogen (secondary N) is 1. The van der Waals surface area contributed by atoms with Crippen molar-refractivity contribution >= 4 is 18.0 Å². The second kappa shape index (κ2) is 12.2. The van der Waals surface area contributed by atoms with E-state index in [0.29, 0.717) is 19.4 Å². The van der Waals surface area contributed by atoms with Crippen LogP contribution in [0.15, 0.2) is 65.7 Å². The number of aliphatic imine (C=N–C) groups is 1. The number of alkyl carbamates (subject to hydrolysis) is 1. The summed E-state index contributed by atoms with van der Waals surface area (Å²) < 4.78 is 5.29. The molecule has 0 bridgehead atoms. The number of hydrogen-bond acceptors (Lipinski definition) is 4. The first-order valence-corrected chi connectivity index (χ1v) is 10.2. The van der Waals surface area contributed by atoms with Crippen LogP contribution in [0.5, 0.6) is 0 Å². The topological polar surface area (TPSA) is 123 Å². The maximum Gasteiger partial charge on any atom is 0.408 e. The molecule has 2 aromatic rings. The SMILES string of the molecule is CC(c1ccccc1)N(C)C(=O)C(CCCN=C(N)N)NC(=O)OCc1ccccc1. The summed E-state index contributed by atoms with van der Waals surface area (Å²) in [6, 6.07) is 18.1. The number of carbonyl (C=O) groups is 2. The van der Waals surface area contributed by atoms with Gasteiger partial charge in [0.15, 0.2) is 5.96 Å². The van der Waals surface area contributed by atoms with Crippen LogP contribution in [0.25, 0.3) is 0 Å². The predicted octanol–water partition coefficient (Wildman–Crippen LogP) is 2.55. The lowest BCUT2D eigenvalue weighted by Gasteiger charge is -2.29. The van der Waals surface area contributed by atoms with Crippen LogP contribution in [0.1, 0.15) is 36.9 Å². The Bertz CT molecular complexity index is 854. The molecule has 2 aromatic carbocycles. The zero-order valence-electron chi connectivity index (χ0n) is 18.0. The zero-order valence-corrected chi connectivity index (χ0v) is 18.0. The standard InChI is InChI=1S/C23H31N5O3/c1-17(19-12-7-4-8-13-19)28(2)21(29)20(14-9-15-26-22(24)25)27-23(30)31-16-18-10-5-3-6-11-18/h3-8,10-13,17,20H,9,14-16H2,1-2H3,(H,27,30)(H4,24,25,26). The molecule has 0 aromatic heterocycles. The normalized spacial score (nSPS) is 12.3. The number of nitrogens with zero attached hydrogens (tertiary/aromatic N) is 2. The molecule has 166 valence electrons. The van der Waals surface area contributed by atoms with E-state index in [2.05, 4.69) is 10.3 Å². The van der Waals surface area contributed by atoms with Gasteiger partial charge in [-0.05, 0) is 30.9 Å². The van der Waals surface area contributed by atoms with Crippen molar-refractivity contribution in [2.45, 2.75) is 38.5 Å². The van der Waals surface area contributed by atoms with Gasteiger partial charge in [-0.3, -0.25) is 9.79 Å². The van der Waals surface area contributed by atoms with E-state index in [4.69, 9.17) is 16.2 Å². The third-order valence-corrected chi connectivity index (χ3v) is 4.96. The highest BCUT2D eigenvalue weighted by Gasteiger charge is 2.27. The Balaban J connectivity index is 2.02. The van der Waals surface area contributed by atoms with Crippen LogP contribution in [0, 0.1) is 0 Å². The number of likely N-dealkylation sites (N-methyl/N-ethyl adjacent to an activating group) is 1. The van der Waals surface area contributed by atoms with Gasteiger partial charge in [0.25, 0.3) is 0 Å². The highest BCUT2D eigenvalue weighted by atomic mass is 16.5. The lowest BCUT2D eigenvalue weighted by molar-refractivity contribution is -0.134. The molecule has 0 aliphatic carbocycles. The van der Waals surface area contributed by atoms with Gasteiger partial charge in [0, 0.05) is 13.6 Å². The Labute approximate surface area is 183 Å². The number of rotatable bonds is 10. The molecule has 2 unspecified atom stereocenters. The lowest BCUT2D eigenvalue weighted by atomic mass is 10.0. The Kier molecular flexibility index (Phi) is 9.35. The first-order chi connectivity index (χ1) is 14.9. The van der Waals surface area contributed by atoms with Crippen molar-refractivity contribution in [2.24, 2.45) is 16.5 Å². The molecular weight excluding hydrogens is 394 g/mol. The molecular formula is C23H31N5O3. The summed E-state index contributed by atoms with van der Waals surface area (Å²) in [7, 11) is 1.72. The summed E-state index contributed by atoms with van der Waals surface area (Å²) in [5, 5.41) is 2.70. The maximum atomic E-state index is 13.2. The fourth-order valence-corrected chi connectivity index (χ4v) is 3.06. The minimum absolute atomic E-state index is 0.00655. The molecule has 0 aliphatic heterocycles. The smallest absolute Gasteiger partial charge is 0.408 e. The second-order valence-corrected chi connectivity index (χ2v) is 7.24. The molecule has 2 amide bonds. The van der Waals surface area contributed by atoms with Crippen molar-refractivity contribution in [3.63, 3.8) is 0 Å². The van der Waals surface area contributed by atoms with E-state index < -0.39 is 12.1 Å². The van der Waals surface area contributed by atoms with Crippen molar-refractivity contribution in [2.75, 3.05) is 13.6 Å². The van der Waals surface area contributed by atoms with Gasteiger partial charge >= 0.3 is 6.09 Å². The van der Waals surface area contributed by atoms with Crippen LogP contribution in [0.2, 0.25) is 0 Å². The average Bonchev–Trinajstić information content (AvgIpc) is 2.79. The molecule has 0 saturated heterocycles. The third kappa shape index (κ3) is 8.00. The number of guanidine groups is 1. The summed E-state index contributed by atoms with van der Waals surface area (Å²) in [6.45, 7) is 2.43. The number of benzene rings is 2. The van der Waals surface area contributed by atoms with Crippen LogP contribution in [0.4, 0.5) is 4.79 Å². The molecule has 0 saturated carbocycles. The Morgan fingerprint density at radius 3 is 2.29 bits per heavy atom. The van der Waals surface area contributed by atoms with Crippen molar-refractivity contribution in [3.8, 4) is 0 Å². The number of carbonyl (C=O) groups excluding carboxylic acids is 2. The minimum atomic E-state index is -0.756. The van der Waals surface area contributed by atoms with Crippen LogP contribution >= 0.6 is 0 Å². The summed E-state index contributed by atoms with van der Waals surface area (Å²) in [6.07, 6.45) is 0.257. The van der Waals surface area contributed by atoms with Crippen molar-refractivity contribution in [1.29, 1.82) is 0 Å². The largest absolute Gasteiger partial charge is 0.445 e. The number of ether oxygens (including phenoxy) is 1. The highest BCUT2D eigenvalue weighted by molar-refractivity contribution is 5.85. The summed E-state index contributed by atoms with van der Waals surface area (Å²) in [5.41, 5.74) is 12.6. The van der Waals surface area contributed by atoms with E-state index in [1.807, 2.05) is 67.6 Å². The fourth-order valence-electron chi connectivity index (χ4n) is 3.06. The molecule has 8 heteroatoms. The van der Waals surface area contributed by atoms with Crippen molar-refractivity contribution < 1.29 is 14.3 Å². The number of amides is 2. The molecule has 5 N–H and O–H groups in total. The lowest BCUT2D eigenvalue weighted by Crippen LogP contribution is -2.48. The van der Waals surface area contributed by atoms with Crippen LogP contribution < -0.4 is 16.8 Å². The van der Waals surface area contributed by atoms with E-state index in [9.17, 15) is 9.59 Å². The van der Waals surface area contributed by atoms with Gasteiger partial charge in [-0.15, -0.1) is 0 Å². The van der Waals surface area contributed by atoms with Crippen LogP contribution in [-0.4, -0.2) is 42.5 Å². The first-order valence-electron chi connectivity index (χ1n) is 10.2. The van der Waals surface area contributed by atoms with Crippen molar-refractivity contribution in [1.82, 2.24) is 10.2 Å². The second-order valence-electron chi connectivity index (χ2n) is 7.24. The molecule has 2 rings (SSSR count). The predicted molar refractivity (Wildman–Crippen MR) is 121 cm³/mol. The van der Waals surface area contributed by atoms with Crippen LogP contribution in [-0.2, 0) is 16.1 Å². The van der Waals surface area contributed by atoms with Gasteiger partial charge in [0.1, 0.15) is 12.6 Å². The molecule has 0 fully saturated rings. The monoisotopic (exact) mass is 425 g/mol. The minimum Gasteiger partial charge on any atom is -0.445 e. The summed E-state index contributed by atoms with van der Waals surface area (Å²) in [5.74, 6) is -0.217. The number of hydrogen-bond donors (Lipinski definition) is 3. The van der Waals surface area contributed by atoms with Gasteiger partial charge in [-0.1, -0.05) is 60.7 Å². The van der Waals surface area contributed by atoms with E-state index in [-0.39, 0.29) is 24.5 Å². The van der Waals surface area contributed by atoms with Gasteiger partial charge < -0.3 is 26.4 Å². The van der Waals surface area contributed by atoms with E-state index in [1.165, 1.54) is 0 Å². The Hall–Kier alpha value is -3.55. The van der Waals surface area contributed by atoms with E-state index >= 15 is 0 Å². The molecule has 0 spiro atoms. The molecule has 8 nitrogen and oxygen atoms in total. The molecule has 2 atom stereocenters. The maximum absolute atomic E-state index is 13.2.